The summed E-state index contributed by atoms with van der Waals surface area (Å²) in [6.07, 6.45) is 2.68. The number of benzene rings is 1. The maximum absolute atomic E-state index is 6.25. The van der Waals surface area contributed by atoms with E-state index in [0.29, 0.717) is 10.2 Å². The summed E-state index contributed by atoms with van der Waals surface area (Å²) in [6, 6.07) is 9.35. The fraction of sp³-hybridized carbons (Fsp3) is 0.143. The molecule has 19 heavy (non-hydrogen) atoms. The lowest BCUT2D eigenvalue weighted by molar-refractivity contribution is 0.941. The highest BCUT2D eigenvalue weighted by Crippen LogP contribution is 2.24. The zero-order valence-electron chi connectivity index (χ0n) is 10.3. The predicted molar refractivity (Wildman–Crippen MR) is 77.8 cm³/mol. The number of aromatic nitrogens is 3. The minimum atomic E-state index is 0.551. The number of hydrogen-bond acceptors (Lipinski definition) is 2. The summed E-state index contributed by atoms with van der Waals surface area (Å²) in [5.74, 6) is 0. The van der Waals surface area contributed by atoms with Crippen molar-refractivity contribution in [3.63, 3.8) is 0 Å². The molecule has 0 saturated heterocycles. The van der Waals surface area contributed by atoms with Crippen molar-refractivity contribution in [2.24, 2.45) is 0 Å². The van der Waals surface area contributed by atoms with Gasteiger partial charge in [-0.3, -0.25) is 0 Å². The third-order valence-corrected chi connectivity index (χ3v) is 3.54. The van der Waals surface area contributed by atoms with Crippen LogP contribution in [0, 0.1) is 0 Å². The lowest BCUT2D eigenvalue weighted by Gasteiger charge is -2.04. The molecule has 96 valence electrons. The first kappa shape index (κ1) is 12.5. The maximum atomic E-state index is 6.25. The summed E-state index contributed by atoms with van der Waals surface area (Å²) in [5.41, 5.74) is 3.69. The van der Waals surface area contributed by atoms with Crippen LogP contribution in [0.3, 0.4) is 0 Å². The SMILES string of the molecule is CCc1cnn2c(Cl)cc(-c3ccc(Cl)cc3)nc12. The van der Waals surface area contributed by atoms with E-state index in [2.05, 4.69) is 17.0 Å². The van der Waals surface area contributed by atoms with Gasteiger partial charge >= 0.3 is 0 Å². The Bertz CT molecular complexity index is 732. The molecule has 0 amide bonds. The third kappa shape index (κ3) is 2.20. The van der Waals surface area contributed by atoms with E-state index in [1.807, 2.05) is 30.3 Å². The average Bonchev–Trinajstić information content (AvgIpc) is 2.83. The van der Waals surface area contributed by atoms with Gasteiger partial charge in [0.25, 0.3) is 0 Å². The largest absolute Gasteiger partial charge is 0.228 e. The molecule has 0 aliphatic rings. The van der Waals surface area contributed by atoms with Gasteiger partial charge in [0.2, 0.25) is 0 Å². The molecule has 0 spiro atoms. The summed E-state index contributed by atoms with van der Waals surface area (Å²) in [4.78, 5) is 4.64. The van der Waals surface area contributed by atoms with Gasteiger partial charge in [-0.15, -0.1) is 0 Å². The smallest absolute Gasteiger partial charge is 0.160 e. The van der Waals surface area contributed by atoms with Gasteiger partial charge in [0.1, 0.15) is 5.15 Å². The Morgan fingerprint density at radius 1 is 1.16 bits per heavy atom. The van der Waals surface area contributed by atoms with Crippen LogP contribution in [0.5, 0.6) is 0 Å². The highest BCUT2D eigenvalue weighted by Gasteiger charge is 2.10. The van der Waals surface area contributed by atoms with Crippen LogP contribution in [0.1, 0.15) is 12.5 Å². The van der Waals surface area contributed by atoms with Gasteiger partial charge in [0.05, 0.1) is 11.9 Å². The molecule has 3 rings (SSSR count). The Morgan fingerprint density at radius 2 is 1.89 bits per heavy atom. The molecule has 1 aromatic carbocycles. The van der Waals surface area contributed by atoms with Crippen LogP contribution in [0.15, 0.2) is 36.5 Å². The molecule has 3 nitrogen and oxygen atoms in total. The van der Waals surface area contributed by atoms with Gasteiger partial charge in [-0.05, 0) is 18.6 Å². The van der Waals surface area contributed by atoms with E-state index in [4.69, 9.17) is 23.2 Å². The van der Waals surface area contributed by atoms with Crippen LogP contribution in [0.2, 0.25) is 10.2 Å². The maximum Gasteiger partial charge on any atom is 0.160 e. The molecule has 0 bridgehead atoms. The molecule has 2 heterocycles. The second-order valence-electron chi connectivity index (χ2n) is 4.23. The second-order valence-corrected chi connectivity index (χ2v) is 5.05. The molecule has 0 saturated carbocycles. The Morgan fingerprint density at radius 3 is 2.58 bits per heavy atom. The van der Waals surface area contributed by atoms with E-state index in [0.717, 1.165) is 28.9 Å². The van der Waals surface area contributed by atoms with Gasteiger partial charge in [-0.2, -0.15) is 5.10 Å². The van der Waals surface area contributed by atoms with Gasteiger partial charge in [0.15, 0.2) is 5.65 Å². The molecule has 0 radical (unpaired) electrons. The van der Waals surface area contributed by atoms with Gasteiger partial charge in [-0.25, -0.2) is 9.50 Å². The number of nitrogens with zero attached hydrogens (tertiary/aromatic N) is 3. The second kappa shape index (κ2) is 4.83. The molecule has 0 unspecified atom stereocenters. The minimum absolute atomic E-state index is 0.551. The zero-order valence-corrected chi connectivity index (χ0v) is 11.8. The molecule has 3 aromatic rings. The van der Waals surface area contributed by atoms with Gasteiger partial charge in [0, 0.05) is 22.2 Å². The Kier molecular flexibility index (Phi) is 3.17. The van der Waals surface area contributed by atoms with Crippen LogP contribution in [0.25, 0.3) is 16.9 Å². The molecule has 0 N–H and O–H groups in total. The first-order valence-electron chi connectivity index (χ1n) is 5.98. The Balaban J connectivity index is 2.21. The number of halogens is 2. The molecule has 0 aliphatic heterocycles. The van der Waals surface area contributed by atoms with Crippen molar-refractivity contribution in [2.45, 2.75) is 13.3 Å². The standard InChI is InChI=1S/C14H11Cl2N3/c1-2-9-8-17-19-13(16)7-12(18-14(9)19)10-3-5-11(15)6-4-10/h3-8H,2H2,1H3. The van der Waals surface area contributed by atoms with E-state index in [1.54, 1.807) is 10.7 Å². The highest BCUT2D eigenvalue weighted by atomic mass is 35.5. The van der Waals surface area contributed by atoms with E-state index < -0.39 is 0 Å². The topological polar surface area (TPSA) is 30.2 Å². The van der Waals surface area contributed by atoms with Crippen molar-refractivity contribution in [1.82, 2.24) is 14.6 Å². The molecule has 0 fully saturated rings. The van der Waals surface area contributed by atoms with Crippen LogP contribution >= 0.6 is 23.2 Å². The minimum Gasteiger partial charge on any atom is -0.228 e. The van der Waals surface area contributed by atoms with E-state index in [-0.39, 0.29) is 0 Å². The Hall–Kier alpha value is -1.58. The highest BCUT2D eigenvalue weighted by molar-refractivity contribution is 6.30. The van der Waals surface area contributed by atoms with E-state index in [1.165, 1.54) is 0 Å². The fourth-order valence-corrected chi connectivity index (χ4v) is 2.34. The number of rotatable bonds is 2. The fourth-order valence-electron chi connectivity index (χ4n) is 1.99. The third-order valence-electron chi connectivity index (χ3n) is 3.02. The molecule has 0 atom stereocenters. The molecular weight excluding hydrogens is 281 g/mol. The van der Waals surface area contributed by atoms with Crippen molar-refractivity contribution in [3.8, 4) is 11.3 Å². The summed E-state index contributed by atoms with van der Waals surface area (Å²) in [7, 11) is 0. The van der Waals surface area contributed by atoms with Crippen LogP contribution < -0.4 is 0 Å². The van der Waals surface area contributed by atoms with Crippen LogP contribution in [0.4, 0.5) is 0 Å². The lowest BCUT2D eigenvalue weighted by atomic mass is 10.1. The quantitative estimate of drug-likeness (QED) is 0.660. The van der Waals surface area contributed by atoms with E-state index in [9.17, 15) is 0 Å². The zero-order chi connectivity index (χ0) is 13.4. The summed E-state index contributed by atoms with van der Waals surface area (Å²) >= 11 is 12.1. The molecule has 5 heteroatoms. The van der Waals surface area contributed by atoms with E-state index >= 15 is 0 Å². The predicted octanol–water partition coefficient (Wildman–Crippen LogP) is 4.27. The lowest BCUT2D eigenvalue weighted by Crippen LogP contribution is -1.95. The first-order chi connectivity index (χ1) is 9.19. The number of fused-ring (bicyclic) bond motifs is 1. The molecule has 0 aliphatic carbocycles. The summed E-state index contributed by atoms with van der Waals surface area (Å²) in [5, 5.41) is 5.49. The van der Waals surface area contributed by atoms with Gasteiger partial charge in [-0.1, -0.05) is 42.3 Å². The van der Waals surface area contributed by atoms with Crippen molar-refractivity contribution >= 4 is 28.8 Å². The van der Waals surface area contributed by atoms with Crippen LogP contribution in [-0.2, 0) is 6.42 Å². The number of aryl methyl sites for hydroxylation is 1. The summed E-state index contributed by atoms with van der Waals surface area (Å²) < 4.78 is 1.65. The average molecular weight is 292 g/mol. The number of hydrogen-bond donors (Lipinski definition) is 0. The van der Waals surface area contributed by atoms with Crippen molar-refractivity contribution in [2.75, 3.05) is 0 Å². The first-order valence-corrected chi connectivity index (χ1v) is 6.73. The normalized spacial score (nSPS) is 11.1. The van der Waals surface area contributed by atoms with Gasteiger partial charge < -0.3 is 0 Å². The van der Waals surface area contributed by atoms with Crippen molar-refractivity contribution in [3.05, 3.63) is 52.3 Å². The molecular formula is C14H11Cl2N3. The Labute approximate surface area is 120 Å². The van der Waals surface area contributed by atoms with Crippen molar-refractivity contribution in [1.29, 1.82) is 0 Å². The summed E-state index contributed by atoms with van der Waals surface area (Å²) in [6.45, 7) is 2.07. The monoisotopic (exact) mass is 291 g/mol. The van der Waals surface area contributed by atoms with Crippen LogP contribution in [-0.4, -0.2) is 14.6 Å². The molecule has 2 aromatic heterocycles. The van der Waals surface area contributed by atoms with Crippen molar-refractivity contribution < 1.29 is 0 Å².